The lowest BCUT2D eigenvalue weighted by atomic mass is 10.1. The highest BCUT2D eigenvalue weighted by molar-refractivity contribution is 5.86. The Labute approximate surface area is 196 Å². The monoisotopic (exact) mass is 457 g/mol. The van der Waals surface area contributed by atoms with Crippen molar-refractivity contribution in [3.05, 3.63) is 87.8 Å². The van der Waals surface area contributed by atoms with Crippen LogP contribution in [0.2, 0.25) is 0 Å². The number of nitrogens with zero attached hydrogens (tertiary/aromatic N) is 5. The summed E-state index contributed by atoms with van der Waals surface area (Å²) in [5.74, 6) is 0.0471. The second kappa shape index (κ2) is 10.0. The molecule has 9 heteroatoms. The molecule has 34 heavy (non-hydrogen) atoms. The minimum absolute atomic E-state index is 0.0471. The summed E-state index contributed by atoms with van der Waals surface area (Å²) in [6.45, 7) is 1.15. The van der Waals surface area contributed by atoms with Crippen LogP contribution in [0.25, 0.3) is 5.69 Å². The smallest absolute Gasteiger partial charge is 0.411 e. The third-order valence-corrected chi connectivity index (χ3v) is 5.71. The molecule has 0 spiro atoms. The summed E-state index contributed by atoms with van der Waals surface area (Å²) in [5.41, 5.74) is 2.40. The van der Waals surface area contributed by atoms with Crippen LogP contribution in [0.4, 0.5) is 10.5 Å². The maximum atomic E-state index is 12.5. The van der Waals surface area contributed by atoms with E-state index >= 15 is 0 Å². The molecule has 1 N–H and O–H groups in total. The van der Waals surface area contributed by atoms with Gasteiger partial charge in [0, 0.05) is 50.4 Å². The van der Waals surface area contributed by atoms with Gasteiger partial charge in [-0.15, -0.1) is 0 Å². The van der Waals surface area contributed by atoms with Crippen LogP contribution in [0, 0.1) is 11.3 Å². The van der Waals surface area contributed by atoms with Crippen molar-refractivity contribution >= 4 is 17.7 Å². The lowest BCUT2D eigenvalue weighted by molar-refractivity contribution is -0.127. The largest absolute Gasteiger partial charge is 0.465 e. The average molecular weight is 457 g/mol. The molecule has 0 unspecified atom stereocenters. The highest BCUT2D eigenvalue weighted by atomic mass is 16.4. The topological polar surface area (TPSA) is 120 Å². The maximum Gasteiger partial charge on any atom is 0.411 e. The number of hydrogen-bond acceptors (Lipinski definition) is 5. The Morgan fingerprint density at radius 3 is 2.71 bits per heavy atom. The van der Waals surface area contributed by atoms with Crippen molar-refractivity contribution in [1.82, 2.24) is 14.7 Å². The molecule has 0 aliphatic carbocycles. The Morgan fingerprint density at radius 2 is 1.97 bits per heavy atom. The van der Waals surface area contributed by atoms with E-state index in [4.69, 9.17) is 5.26 Å². The van der Waals surface area contributed by atoms with Gasteiger partial charge in [0.2, 0.25) is 11.3 Å². The molecule has 2 heterocycles. The first-order valence-corrected chi connectivity index (χ1v) is 10.9. The van der Waals surface area contributed by atoms with E-state index in [0.29, 0.717) is 42.1 Å². The molecule has 3 aromatic rings. The first-order chi connectivity index (χ1) is 16.4. The van der Waals surface area contributed by atoms with Gasteiger partial charge < -0.3 is 10.0 Å². The van der Waals surface area contributed by atoms with Gasteiger partial charge in [-0.2, -0.15) is 10.4 Å². The van der Waals surface area contributed by atoms with Crippen LogP contribution in [-0.4, -0.2) is 51.4 Å². The normalized spacial score (nSPS) is 13.0. The number of carboxylic acid groups (broad SMARTS) is 1. The van der Waals surface area contributed by atoms with Crippen molar-refractivity contribution in [2.45, 2.75) is 19.3 Å². The summed E-state index contributed by atoms with van der Waals surface area (Å²) >= 11 is 0. The minimum Gasteiger partial charge on any atom is -0.465 e. The molecule has 1 aliphatic rings. The van der Waals surface area contributed by atoms with Gasteiger partial charge in [-0.25, -0.2) is 9.48 Å². The molecule has 172 valence electrons. The number of likely N-dealkylation sites (tertiary alicyclic amines) is 1. The zero-order valence-corrected chi connectivity index (χ0v) is 18.4. The van der Waals surface area contributed by atoms with E-state index in [-0.39, 0.29) is 24.3 Å². The van der Waals surface area contributed by atoms with Gasteiger partial charge in [0.05, 0.1) is 17.3 Å². The Morgan fingerprint density at radius 1 is 1.15 bits per heavy atom. The number of hydrogen-bond donors (Lipinski definition) is 1. The Bertz CT molecular complexity index is 1330. The van der Waals surface area contributed by atoms with Crippen LogP contribution in [0.3, 0.4) is 0 Å². The van der Waals surface area contributed by atoms with Gasteiger partial charge in [0.15, 0.2) is 0 Å². The fourth-order valence-corrected chi connectivity index (χ4v) is 3.96. The van der Waals surface area contributed by atoms with Crippen molar-refractivity contribution in [2.24, 2.45) is 0 Å². The fraction of sp³-hybridized carbons (Fsp3) is 0.240. The van der Waals surface area contributed by atoms with Crippen LogP contribution in [0.15, 0.2) is 65.6 Å². The molecule has 1 aliphatic heterocycles. The van der Waals surface area contributed by atoms with Crippen LogP contribution in [0.5, 0.6) is 0 Å². The van der Waals surface area contributed by atoms with E-state index in [1.807, 2.05) is 6.07 Å². The summed E-state index contributed by atoms with van der Waals surface area (Å²) in [7, 11) is 0. The van der Waals surface area contributed by atoms with E-state index in [1.54, 1.807) is 53.6 Å². The molecule has 1 saturated heterocycles. The summed E-state index contributed by atoms with van der Waals surface area (Å²) < 4.78 is 1.54. The van der Waals surface area contributed by atoms with Crippen LogP contribution in [-0.2, 0) is 11.2 Å². The number of carbonyl (C=O) groups is 2. The number of benzene rings is 2. The lowest BCUT2D eigenvalue weighted by Gasteiger charge is -2.23. The van der Waals surface area contributed by atoms with Crippen molar-refractivity contribution in [3.63, 3.8) is 0 Å². The van der Waals surface area contributed by atoms with Gasteiger partial charge in [-0.05, 0) is 42.3 Å². The van der Waals surface area contributed by atoms with Crippen molar-refractivity contribution in [2.75, 3.05) is 24.5 Å². The number of carbonyl (C=O) groups excluding carboxylic acids is 1. The minimum atomic E-state index is -1.11. The molecule has 2 aromatic carbocycles. The number of aromatic nitrogens is 2. The zero-order chi connectivity index (χ0) is 24.1. The second-order valence-corrected chi connectivity index (χ2v) is 8.00. The van der Waals surface area contributed by atoms with E-state index in [9.17, 15) is 19.5 Å². The van der Waals surface area contributed by atoms with Gasteiger partial charge in [0.1, 0.15) is 5.69 Å². The van der Waals surface area contributed by atoms with Crippen LogP contribution >= 0.6 is 0 Å². The first kappa shape index (κ1) is 22.7. The summed E-state index contributed by atoms with van der Waals surface area (Å²) in [6, 6.07) is 17.3. The van der Waals surface area contributed by atoms with Crippen LogP contribution in [0.1, 0.15) is 29.7 Å². The molecule has 1 aromatic heterocycles. The highest BCUT2D eigenvalue weighted by Gasteiger charge is 2.22. The number of anilines is 1. The van der Waals surface area contributed by atoms with Crippen molar-refractivity contribution in [3.8, 4) is 11.8 Å². The van der Waals surface area contributed by atoms with Crippen molar-refractivity contribution in [1.29, 1.82) is 5.26 Å². The molecular formula is C25H23N5O4. The average Bonchev–Trinajstić information content (AvgIpc) is 3.25. The molecule has 0 atom stereocenters. The number of rotatable bonds is 7. The van der Waals surface area contributed by atoms with Crippen molar-refractivity contribution < 1.29 is 14.7 Å². The second-order valence-electron chi connectivity index (χ2n) is 8.00. The molecule has 0 bridgehead atoms. The standard InChI is InChI=1S/C25H23N5O4/c26-17-19-5-2-7-21(15-19)30-11-9-23(31)22(27-30)16-18-4-1-6-20(14-18)29(25(33)34)13-12-28-10-3-8-24(28)32/h1-2,4-7,9,11,14-15H,3,8,10,12-13,16H2,(H,33,34). The maximum absolute atomic E-state index is 12.5. The Hall–Kier alpha value is -4.45. The van der Waals surface area contributed by atoms with E-state index in [2.05, 4.69) is 11.2 Å². The first-order valence-electron chi connectivity index (χ1n) is 10.9. The van der Waals surface area contributed by atoms with Gasteiger partial charge in [0.25, 0.3) is 0 Å². The van der Waals surface area contributed by atoms with E-state index < -0.39 is 6.09 Å². The number of nitriles is 1. The molecule has 0 saturated carbocycles. The molecule has 0 radical (unpaired) electrons. The van der Waals surface area contributed by atoms with Crippen LogP contribution < -0.4 is 10.3 Å². The fourth-order valence-electron chi connectivity index (χ4n) is 3.96. The summed E-state index contributed by atoms with van der Waals surface area (Å²) in [5, 5.41) is 23.3. The van der Waals surface area contributed by atoms with Gasteiger partial charge in [-0.1, -0.05) is 18.2 Å². The highest BCUT2D eigenvalue weighted by Crippen LogP contribution is 2.19. The Kier molecular flexibility index (Phi) is 6.69. The predicted octanol–water partition coefficient (Wildman–Crippen LogP) is 2.80. The zero-order valence-electron chi connectivity index (χ0n) is 18.4. The van der Waals surface area contributed by atoms with Gasteiger partial charge in [-0.3, -0.25) is 14.5 Å². The van der Waals surface area contributed by atoms with E-state index in [0.717, 1.165) is 12.0 Å². The quantitative estimate of drug-likeness (QED) is 0.583. The molecule has 1 fully saturated rings. The predicted molar refractivity (Wildman–Crippen MR) is 125 cm³/mol. The third kappa shape index (κ3) is 5.13. The van der Waals surface area contributed by atoms with Gasteiger partial charge >= 0.3 is 6.09 Å². The van der Waals surface area contributed by atoms with E-state index in [1.165, 1.54) is 15.6 Å². The summed E-state index contributed by atoms with van der Waals surface area (Å²) in [4.78, 5) is 39.1. The molecule has 2 amide bonds. The number of amides is 2. The molecule has 4 rings (SSSR count). The Balaban J connectivity index is 1.55. The SMILES string of the molecule is N#Cc1cccc(-n2ccc(=O)c(Cc3cccc(N(CCN4CCCC4=O)C(=O)O)c3)n2)c1. The molecule has 9 nitrogen and oxygen atoms in total. The summed E-state index contributed by atoms with van der Waals surface area (Å²) in [6.07, 6.45) is 1.95. The third-order valence-electron chi connectivity index (χ3n) is 5.71. The lowest BCUT2D eigenvalue weighted by Crippen LogP contribution is -2.38. The molecular weight excluding hydrogens is 434 g/mol.